The Morgan fingerprint density at radius 1 is 1.08 bits per heavy atom. The highest BCUT2D eigenvalue weighted by atomic mass is 32.2. The van der Waals surface area contributed by atoms with Gasteiger partial charge in [-0.25, -0.2) is 4.98 Å². The lowest BCUT2D eigenvalue weighted by atomic mass is 10.2. The van der Waals surface area contributed by atoms with Crippen molar-refractivity contribution in [3.8, 4) is 5.69 Å². The molecule has 0 spiro atoms. The summed E-state index contributed by atoms with van der Waals surface area (Å²) in [6.45, 7) is 3.06. The first kappa shape index (κ1) is 16.7. The molecule has 0 saturated carbocycles. The SMILES string of the molecule is Cc1ccc(-n2c(SCC[NH+](C)C)nc3ccccc3c2=O)cc1. The number of nitrogens with zero attached hydrogens (tertiary/aromatic N) is 2. The molecular weight excluding hydrogens is 318 g/mol. The zero-order valence-corrected chi connectivity index (χ0v) is 15.1. The average molecular weight is 340 g/mol. The van der Waals surface area contributed by atoms with E-state index in [0.29, 0.717) is 5.39 Å². The Morgan fingerprint density at radius 2 is 1.79 bits per heavy atom. The van der Waals surface area contributed by atoms with Crippen molar-refractivity contribution >= 4 is 22.7 Å². The van der Waals surface area contributed by atoms with E-state index in [-0.39, 0.29) is 5.56 Å². The van der Waals surface area contributed by atoms with Gasteiger partial charge >= 0.3 is 0 Å². The number of aromatic nitrogens is 2. The van der Waals surface area contributed by atoms with E-state index in [9.17, 15) is 4.79 Å². The van der Waals surface area contributed by atoms with Gasteiger partial charge in [-0.15, -0.1) is 0 Å². The predicted molar refractivity (Wildman–Crippen MR) is 100 cm³/mol. The molecule has 1 N–H and O–H groups in total. The summed E-state index contributed by atoms with van der Waals surface area (Å²) < 4.78 is 1.73. The summed E-state index contributed by atoms with van der Waals surface area (Å²) in [5, 5.41) is 1.41. The molecule has 3 rings (SSSR count). The van der Waals surface area contributed by atoms with E-state index in [2.05, 4.69) is 14.1 Å². The van der Waals surface area contributed by atoms with Crippen molar-refractivity contribution in [2.75, 3.05) is 26.4 Å². The van der Waals surface area contributed by atoms with Crippen LogP contribution >= 0.6 is 11.8 Å². The molecule has 0 saturated heterocycles. The van der Waals surface area contributed by atoms with Gasteiger partial charge in [0.15, 0.2) is 5.16 Å². The van der Waals surface area contributed by atoms with Crippen LogP contribution in [-0.4, -0.2) is 35.9 Å². The summed E-state index contributed by atoms with van der Waals surface area (Å²) in [4.78, 5) is 19.2. The Balaban J connectivity index is 2.14. The maximum Gasteiger partial charge on any atom is 0.266 e. The van der Waals surface area contributed by atoms with Gasteiger partial charge in [0.2, 0.25) is 0 Å². The normalized spacial score (nSPS) is 11.3. The van der Waals surface area contributed by atoms with E-state index in [1.165, 1.54) is 10.5 Å². The molecule has 5 heteroatoms. The number of benzene rings is 2. The lowest BCUT2D eigenvalue weighted by molar-refractivity contribution is -0.855. The fourth-order valence-electron chi connectivity index (χ4n) is 2.48. The Hall–Kier alpha value is -2.11. The highest BCUT2D eigenvalue weighted by Crippen LogP contribution is 2.21. The molecule has 3 aromatic rings. The Kier molecular flexibility index (Phi) is 5.02. The molecule has 0 aliphatic heterocycles. The molecule has 0 bridgehead atoms. The van der Waals surface area contributed by atoms with Gasteiger partial charge < -0.3 is 4.90 Å². The van der Waals surface area contributed by atoms with Crippen molar-refractivity contribution < 1.29 is 4.90 Å². The van der Waals surface area contributed by atoms with Gasteiger partial charge in [0.25, 0.3) is 5.56 Å². The topological polar surface area (TPSA) is 39.3 Å². The molecule has 0 atom stereocenters. The molecule has 2 aromatic carbocycles. The lowest BCUT2D eigenvalue weighted by Crippen LogP contribution is -3.06. The van der Waals surface area contributed by atoms with Crippen LogP contribution in [0.2, 0.25) is 0 Å². The number of para-hydroxylation sites is 1. The minimum atomic E-state index is -0.0100. The van der Waals surface area contributed by atoms with Crippen LogP contribution in [0.5, 0.6) is 0 Å². The minimum absolute atomic E-state index is 0.0100. The third-order valence-corrected chi connectivity index (χ3v) is 4.81. The maximum absolute atomic E-state index is 13.0. The molecular formula is C19H22N3OS+. The molecule has 0 fully saturated rings. The highest BCUT2D eigenvalue weighted by molar-refractivity contribution is 7.99. The van der Waals surface area contributed by atoms with Crippen molar-refractivity contribution in [1.82, 2.24) is 9.55 Å². The first-order valence-corrected chi connectivity index (χ1v) is 9.05. The van der Waals surface area contributed by atoms with Gasteiger partial charge in [-0.2, -0.15) is 0 Å². The molecule has 124 valence electrons. The predicted octanol–water partition coefficient (Wildman–Crippen LogP) is 1.93. The summed E-state index contributed by atoms with van der Waals surface area (Å²) in [6, 6.07) is 15.6. The van der Waals surface area contributed by atoms with Crippen LogP contribution in [-0.2, 0) is 0 Å². The molecule has 0 unspecified atom stereocenters. The van der Waals surface area contributed by atoms with E-state index < -0.39 is 0 Å². The number of fused-ring (bicyclic) bond motifs is 1. The summed E-state index contributed by atoms with van der Waals surface area (Å²) in [5.41, 5.74) is 2.78. The molecule has 0 radical (unpaired) electrons. The second-order valence-corrected chi connectivity index (χ2v) is 7.26. The van der Waals surface area contributed by atoms with E-state index in [1.807, 2.05) is 55.5 Å². The van der Waals surface area contributed by atoms with Crippen LogP contribution in [0.15, 0.2) is 58.5 Å². The van der Waals surface area contributed by atoms with Gasteiger partial charge in [0.05, 0.1) is 43.0 Å². The van der Waals surface area contributed by atoms with Crippen molar-refractivity contribution in [1.29, 1.82) is 0 Å². The number of rotatable bonds is 5. The van der Waals surface area contributed by atoms with Crippen LogP contribution in [0.25, 0.3) is 16.6 Å². The Labute approximate surface area is 146 Å². The van der Waals surface area contributed by atoms with Crippen LogP contribution in [0, 0.1) is 6.92 Å². The third-order valence-electron chi connectivity index (χ3n) is 3.87. The summed E-state index contributed by atoms with van der Waals surface area (Å²) in [6.07, 6.45) is 0. The standard InChI is InChI=1S/C19H21N3OS/c1-14-8-10-15(11-9-14)22-18(23)16-6-4-5-7-17(16)20-19(22)24-13-12-21(2)3/h4-11H,12-13H2,1-3H3/p+1. The van der Waals surface area contributed by atoms with E-state index in [1.54, 1.807) is 16.3 Å². The second kappa shape index (κ2) is 7.20. The molecule has 24 heavy (non-hydrogen) atoms. The number of aryl methyl sites for hydroxylation is 1. The van der Waals surface area contributed by atoms with Gasteiger partial charge in [-0.1, -0.05) is 41.6 Å². The number of thioether (sulfide) groups is 1. The third kappa shape index (κ3) is 3.52. The largest absolute Gasteiger partial charge is 0.339 e. The van der Waals surface area contributed by atoms with Gasteiger partial charge in [0, 0.05) is 0 Å². The lowest BCUT2D eigenvalue weighted by Gasteiger charge is -2.14. The van der Waals surface area contributed by atoms with Gasteiger partial charge in [-0.05, 0) is 31.2 Å². The monoisotopic (exact) mass is 340 g/mol. The smallest absolute Gasteiger partial charge is 0.266 e. The van der Waals surface area contributed by atoms with Crippen molar-refractivity contribution in [2.45, 2.75) is 12.1 Å². The molecule has 0 aliphatic rings. The first-order valence-electron chi connectivity index (χ1n) is 8.07. The van der Waals surface area contributed by atoms with Crippen molar-refractivity contribution in [2.24, 2.45) is 0 Å². The second-order valence-electron chi connectivity index (χ2n) is 6.19. The van der Waals surface area contributed by atoms with E-state index in [4.69, 9.17) is 4.98 Å². The van der Waals surface area contributed by atoms with E-state index in [0.717, 1.165) is 28.7 Å². The maximum atomic E-state index is 13.0. The Bertz CT molecular complexity index is 901. The van der Waals surface area contributed by atoms with Crippen LogP contribution in [0.3, 0.4) is 0 Å². The minimum Gasteiger partial charge on any atom is -0.339 e. The van der Waals surface area contributed by atoms with Crippen LogP contribution in [0.1, 0.15) is 5.56 Å². The molecule has 1 aromatic heterocycles. The number of nitrogens with one attached hydrogen (secondary N) is 1. The Morgan fingerprint density at radius 3 is 2.50 bits per heavy atom. The zero-order valence-electron chi connectivity index (χ0n) is 14.2. The fraction of sp³-hybridized carbons (Fsp3) is 0.263. The average Bonchev–Trinajstić information content (AvgIpc) is 2.56. The summed E-state index contributed by atoms with van der Waals surface area (Å²) >= 11 is 1.63. The van der Waals surface area contributed by atoms with E-state index >= 15 is 0 Å². The van der Waals surface area contributed by atoms with Crippen LogP contribution in [0.4, 0.5) is 0 Å². The molecule has 0 aliphatic carbocycles. The first-order chi connectivity index (χ1) is 11.6. The number of hydrogen-bond donors (Lipinski definition) is 1. The van der Waals surface area contributed by atoms with Gasteiger partial charge in [-0.3, -0.25) is 9.36 Å². The highest BCUT2D eigenvalue weighted by Gasteiger charge is 2.13. The number of quaternary nitrogens is 1. The molecule has 1 heterocycles. The quantitative estimate of drug-likeness (QED) is 0.570. The van der Waals surface area contributed by atoms with Crippen molar-refractivity contribution in [3.05, 3.63) is 64.4 Å². The number of hydrogen-bond acceptors (Lipinski definition) is 3. The molecule has 4 nitrogen and oxygen atoms in total. The fourth-order valence-corrected chi connectivity index (χ4v) is 3.65. The summed E-state index contributed by atoms with van der Waals surface area (Å²) in [5.74, 6) is 0.916. The van der Waals surface area contributed by atoms with Crippen molar-refractivity contribution in [3.63, 3.8) is 0 Å². The zero-order chi connectivity index (χ0) is 17.1. The summed E-state index contributed by atoms with van der Waals surface area (Å²) in [7, 11) is 4.25. The van der Waals surface area contributed by atoms with Gasteiger partial charge in [0.1, 0.15) is 0 Å². The molecule has 0 amide bonds. The van der Waals surface area contributed by atoms with Crippen LogP contribution < -0.4 is 10.5 Å².